The molecule has 0 amide bonds. The fraction of sp³-hybridized carbons (Fsp3) is 0.333. The Balaban J connectivity index is 1.80. The minimum atomic E-state index is -3.50. The minimum absolute atomic E-state index is 0.113. The maximum Gasteiger partial charge on any atom is 0.185 e. The van der Waals surface area contributed by atoms with E-state index in [1.807, 2.05) is 6.92 Å². The number of hydrogen-bond acceptors (Lipinski definition) is 5. The highest BCUT2D eigenvalue weighted by molar-refractivity contribution is 7.98. The summed E-state index contributed by atoms with van der Waals surface area (Å²) in [6.45, 7) is 2.44. The molecule has 6 nitrogen and oxygen atoms in total. The molecule has 0 radical (unpaired) electrons. The lowest BCUT2D eigenvalue weighted by Crippen LogP contribution is -2.24. The number of H-pyrrole nitrogens is 1. The maximum atomic E-state index is 12.2. The molecule has 0 fully saturated rings. The Morgan fingerprint density at radius 3 is 2.71 bits per heavy atom. The van der Waals surface area contributed by atoms with E-state index in [-0.39, 0.29) is 16.5 Å². The van der Waals surface area contributed by atoms with E-state index in [1.54, 1.807) is 18.1 Å². The van der Waals surface area contributed by atoms with Gasteiger partial charge < -0.3 is 10.7 Å². The van der Waals surface area contributed by atoms with Gasteiger partial charge in [-0.15, -0.1) is 0 Å². The molecular weight excluding hydrogens is 368 g/mol. The summed E-state index contributed by atoms with van der Waals surface area (Å²) < 4.78 is 24.4. The second kappa shape index (κ2) is 8.55. The highest BCUT2D eigenvalue weighted by Crippen LogP contribution is 2.15. The molecule has 0 unspecified atom stereocenters. The second-order valence-electron chi connectivity index (χ2n) is 5.11. The average molecular weight is 387 g/mol. The van der Waals surface area contributed by atoms with Gasteiger partial charge >= 0.3 is 0 Å². The number of nitrogens with two attached hydrogens (primary N) is 1. The summed E-state index contributed by atoms with van der Waals surface area (Å²) in [4.78, 5) is 11.6. The van der Waals surface area contributed by atoms with Crippen molar-refractivity contribution in [2.45, 2.75) is 17.6 Å². The van der Waals surface area contributed by atoms with Crippen molar-refractivity contribution >= 4 is 39.0 Å². The number of hydrogen-bond donors (Lipinski definition) is 2. The van der Waals surface area contributed by atoms with Crippen LogP contribution in [-0.4, -0.2) is 42.3 Å². The molecule has 1 aromatic heterocycles. The molecule has 0 atom stereocenters. The number of thioether (sulfide) groups is 1. The molecule has 9 heteroatoms. The Bertz CT molecular complexity index is 801. The number of benzene rings is 1. The summed E-state index contributed by atoms with van der Waals surface area (Å²) in [6.07, 6.45) is 1.67. The largest absolute Gasteiger partial charge is 0.387 e. The number of nitrogens with one attached hydrogen (secondary N) is 1. The molecule has 1 heterocycles. The normalized spacial score (nSPS) is 12.5. The van der Waals surface area contributed by atoms with Crippen LogP contribution < -0.4 is 5.73 Å². The first-order chi connectivity index (χ1) is 11.4. The van der Waals surface area contributed by atoms with Crippen LogP contribution in [0.5, 0.6) is 0 Å². The first kappa shape index (κ1) is 18.8. The molecule has 3 N–H and O–H groups in total. The average Bonchev–Trinajstić information content (AvgIpc) is 2.92. The van der Waals surface area contributed by atoms with Gasteiger partial charge in [-0.3, -0.25) is 4.99 Å². The molecule has 130 valence electrons. The van der Waals surface area contributed by atoms with Crippen LogP contribution in [0.4, 0.5) is 0 Å². The summed E-state index contributed by atoms with van der Waals surface area (Å²) in [5.41, 5.74) is 7.82. The summed E-state index contributed by atoms with van der Waals surface area (Å²) in [7, 11) is -3.50. The van der Waals surface area contributed by atoms with Gasteiger partial charge in [-0.1, -0.05) is 11.6 Å². The number of aryl methyl sites for hydroxylation is 1. The van der Waals surface area contributed by atoms with Crippen molar-refractivity contribution in [3.8, 4) is 0 Å². The van der Waals surface area contributed by atoms with Gasteiger partial charge in [-0.2, -0.15) is 11.8 Å². The Kier molecular flexibility index (Phi) is 6.70. The lowest BCUT2D eigenvalue weighted by molar-refractivity contribution is 0.599. The molecule has 24 heavy (non-hydrogen) atoms. The molecule has 0 saturated heterocycles. The van der Waals surface area contributed by atoms with Gasteiger partial charge in [0.2, 0.25) is 0 Å². The summed E-state index contributed by atoms with van der Waals surface area (Å²) in [5, 5.41) is 0.486. The Morgan fingerprint density at radius 2 is 2.08 bits per heavy atom. The van der Waals surface area contributed by atoms with Gasteiger partial charge in [0, 0.05) is 22.2 Å². The lowest BCUT2D eigenvalue weighted by atomic mass is 10.4. The predicted molar refractivity (Wildman–Crippen MR) is 99.5 cm³/mol. The summed E-state index contributed by atoms with van der Waals surface area (Å²) >= 11 is 7.43. The van der Waals surface area contributed by atoms with Crippen LogP contribution in [0.3, 0.4) is 0 Å². The van der Waals surface area contributed by atoms with E-state index >= 15 is 0 Å². The van der Waals surface area contributed by atoms with Crippen molar-refractivity contribution in [2.24, 2.45) is 10.7 Å². The van der Waals surface area contributed by atoms with Gasteiger partial charge in [0.25, 0.3) is 0 Å². The van der Waals surface area contributed by atoms with Crippen LogP contribution in [-0.2, 0) is 15.6 Å². The number of aromatic nitrogens is 2. The second-order valence-corrected chi connectivity index (χ2v) is 8.64. The Labute approximate surface area is 150 Å². The molecule has 0 bridgehead atoms. The van der Waals surface area contributed by atoms with E-state index in [0.29, 0.717) is 11.6 Å². The van der Waals surface area contributed by atoms with Gasteiger partial charge in [0.05, 0.1) is 23.5 Å². The van der Waals surface area contributed by atoms with Gasteiger partial charge in [-0.05, 0) is 31.2 Å². The predicted octanol–water partition coefficient (Wildman–Crippen LogP) is 2.44. The van der Waals surface area contributed by atoms with Crippen molar-refractivity contribution in [3.63, 3.8) is 0 Å². The van der Waals surface area contributed by atoms with Crippen LogP contribution in [0.25, 0.3) is 0 Å². The van der Waals surface area contributed by atoms with E-state index in [2.05, 4.69) is 15.0 Å². The zero-order chi connectivity index (χ0) is 17.6. The molecule has 0 aliphatic carbocycles. The topological polar surface area (TPSA) is 101 Å². The van der Waals surface area contributed by atoms with E-state index in [0.717, 1.165) is 22.9 Å². The first-order valence-electron chi connectivity index (χ1n) is 7.22. The van der Waals surface area contributed by atoms with Crippen LogP contribution in [0.1, 0.15) is 11.4 Å². The zero-order valence-corrected chi connectivity index (χ0v) is 15.6. The fourth-order valence-corrected chi connectivity index (χ4v) is 4.09. The Morgan fingerprint density at radius 1 is 1.38 bits per heavy atom. The minimum Gasteiger partial charge on any atom is -0.387 e. The van der Waals surface area contributed by atoms with Crippen molar-refractivity contribution in [3.05, 3.63) is 47.0 Å². The molecular formula is C15H19ClN4O2S2. The Hall–Kier alpha value is -1.51. The monoisotopic (exact) mass is 386 g/mol. The van der Waals surface area contributed by atoms with Crippen molar-refractivity contribution in [2.75, 3.05) is 18.1 Å². The number of halogens is 1. The molecule has 0 spiro atoms. The number of aliphatic imine (C=N–C) groups is 1. The number of imidazole rings is 1. The third kappa shape index (κ3) is 5.54. The number of rotatable bonds is 8. The molecule has 1 aromatic carbocycles. The quantitative estimate of drug-likeness (QED) is 0.412. The molecule has 0 aliphatic rings. The molecule has 2 rings (SSSR count). The maximum absolute atomic E-state index is 12.2. The smallest absolute Gasteiger partial charge is 0.185 e. The van der Waals surface area contributed by atoms with E-state index < -0.39 is 9.84 Å². The third-order valence-electron chi connectivity index (χ3n) is 3.23. The zero-order valence-electron chi connectivity index (χ0n) is 13.2. The van der Waals surface area contributed by atoms with Gasteiger partial charge in [-0.25, -0.2) is 13.4 Å². The molecule has 0 aliphatic heterocycles. The first-order valence-corrected chi connectivity index (χ1v) is 10.4. The van der Waals surface area contributed by atoms with E-state index in [9.17, 15) is 8.42 Å². The van der Waals surface area contributed by atoms with E-state index in [1.165, 1.54) is 24.3 Å². The van der Waals surface area contributed by atoms with Crippen LogP contribution in [0, 0.1) is 6.92 Å². The standard InChI is InChI=1S/C15H19ClN4O2S2/c1-11-14(20-10-19-11)8-23-7-6-18-15(17)9-24(21,22)13-4-2-12(16)3-5-13/h2-5,10H,6-9H2,1H3,(H2,17,18)(H,19,20). The number of amidine groups is 1. The van der Waals surface area contributed by atoms with Gasteiger partial charge in [0.15, 0.2) is 9.84 Å². The van der Waals surface area contributed by atoms with Crippen LogP contribution in [0.15, 0.2) is 40.5 Å². The van der Waals surface area contributed by atoms with Crippen molar-refractivity contribution < 1.29 is 8.42 Å². The molecule has 2 aromatic rings. The summed E-state index contributed by atoms with van der Waals surface area (Å²) in [5.74, 6) is 1.35. The highest BCUT2D eigenvalue weighted by atomic mass is 35.5. The van der Waals surface area contributed by atoms with Gasteiger partial charge in [0.1, 0.15) is 11.6 Å². The number of aromatic amines is 1. The SMILES string of the molecule is Cc1[nH]cnc1CSCCN=C(N)CS(=O)(=O)c1ccc(Cl)cc1. The number of sulfone groups is 1. The third-order valence-corrected chi connectivity index (χ3v) is 6.10. The van der Waals surface area contributed by atoms with E-state index in [4.69, 9.17) is 17.3 Å². The molecule has 0 saturated carbocycles. The summed E-state index contributed by atoms with van der Waals surface area (Å²) in [6, 6.07) is 6.00. The lowest BCUT2D eigenvalue weighted by Gasteiger charge is -2.05. The van der Waals surface area contributed by atoms with Crippen LogP contribution >= 0.6 is 23.4 Å². The highest BCUT2D eigenvalue weighted by Gasteiger charge is 2.16. The van der Waals surface area contributed by atoms with Crippen molar-refractivity contribution in [1.29, 1.82) is 0 Å². The van der Waals surface area contributed by atoms with Crippen molar-refractivity contribution in [1.82, 2.24) is 9.97 Å². The fourth-order valence-electron chi connectivity index (χ4n) is 1.92. The number of nitrogens with zero attached hydrogens (tertiary/aromatic N) is 2. The van der Waals surface area contributed by atoms with Crippen LogP contribution in [0.2, 0.25) is 5.02 Å².